The van der Waals surface area contributed by atoms with Gasteiger partial charge in [0, 0.05) is 19.3 Å². The van der Waals surface area contributed by atoms with Gasteiger partial charge in [-0.25, -0.2) is 0 Å². The SMILES string of the molecule is CC/C=C\C/C=C\C/C=C\C/C=C\C/C=C\C/C=C\CCCCCCC(=O)OCC(COC(=O)CCCCCCCCC/C=C\C/C=C\C/C=C\CC)OC(=O)CCCCCCCCCC/C=C\C/C=C\C/C=C\C/C=C\CC. The van der Waals surface area contributed by atoms with E-state index >= 15 is 0 Å². The van der Waals surface area contributed by atoms with Crippen LogP contribution in [0, 0.1) is 0 Å². The van der Waals surface area contributed by atoms with E-state index in [1.165, 1.54) is 57.8 Å². The van der Waals surface area contributed by atoms with E-state index in [4.69, 9.17) is 14.2 Å². The van der Waals surface area contributed by atoms with Gasteiger partial charge in [-0.05, 0) is 141 Å². The van der Waals surface area contributed by atoms with Gasteiger partial charge in [-0.15, -0.1) is 0 Å². The van der Waals surface area contributed by atoms with Crippen LogP contribution in [0.5, 0.6) is 0 Å². The van der Waals surface area contributed by atoms with Gasteiger partial charge in [0.15, 0.2) is 6.10 Å². The largest absolute Gasteiger partial charge is 0.462 e. The minimum absolute atomic E-state index is 0.101. The Bertz CT molecular complexity index is 1780. The molecule has 1 unspecified atom stereocenters. The van der Waals surface area contributed by atoms with Gasteiger partial charge in [-0.2, -0.15) is 0 Å². The molecule has 444 valence electrons. The number of hydrogen-bond acceptors (Lipinski definition) is 6. The van der Waals surface area contributed by atoms with Crippen molar-refractivity contribution < 1.29 is 28.6 Å². The van der Waals surface area contributed by atoms with Crippen molar-refractivity contribution in [1.29, 1.82) is 0 Å². The summed E-state index contributed by atoms with van der Waals surface area (Å²) in [5, 5.41) is 0. The highest BCUT2D eigenvalue weighted by Crippen LogP contribution is 2.15. The van der Waals surface area contributed by atoms with Gasteiger partial charge in [0.2, 0.25) is 0 Å². The van der Waals surface area contributed by atoms with E-state index in [0.29, 0.717) is 19.3 Å². The summed E-state index contributed by atoms with van der Waals surface area (Å²) in [7, 11) is 0. The first-order valence-corrected chi connectivity index (χ1v) is 32.0. The Balaban J connectivity index is 4.50. The number of hydrogen-bond donors (Lipinski definition) is 0. The maximum absolute atomic E-state index is 12.9. The second-order valence-electron chi connectivity index (χ2n) is 20.5. The lowest BCUT2D eigenvalue weighted by atomic mass is 10.1. The summed E-state index contributed by atoms with van der Waals surface area (Å²) in [6.07, 6.45) is 95.2. The topological polar surface area (TPSA) is 78.9 Å². The fraction of sp³-hybridized carbons (Fsp3) is 0.603. The summed E-state index contributed by atoms with van der Waals surface area (Å²) < 4.78 is 16.9. The van der Waals surface area contributed by atoms with E-state index < -0.39 is 6.10 Å². The van der Waals surface area contributed by atoms with Crippen LogP contribution < -0.4 is 0 Å². The molecule has 0 heterocycles. The highest BCUT2D eigenvalue weighted by Gasteiger charge is 2.19. The Morgan fingerprint density at radius 3 is 0.709 bits per heavy atom. The van der Waals surface area contributed by atoms with E-state index in [2.05, 4.69) is 179 Å². The molecule has 0 saturated heterocycles. The average molecular weight is 1090 g/mol. The van der Waals surface area contributed by atoms with Crippen LogP contribution in [-0.2, 0) is 28.6 Å². The van der Waals surface area contributed by atoms with Crippen molar-refractivity contribution in [3.05, 3.63) is 158 Å². The second-order valence-corrected chi connectivity index (χ2v) is 20.5. The van der Waals surface area contributed by atoms with E-state index in [1.807, 2.05) is 0 Å². The number of allylic oxidation sites excluding steroid dienone is 26. The number of carbonyl (C=O) groups excluding carboxylic acids is 3. The summed E-state index contributed by atoms with van der Waals surface area (Å²) in [4.78, 5) is 38.4. The molecule has 0 aromatic rings. The molecule has 0 aliphatic heterocycles. The van der Waals surface area contributed by atoms with Gasteiger partial charge in [-0.3, -0.25) is 14.4 Å². The van der Waals surface area contributed by atoms with Gasteiger partial charge in [-0.1, -0.05) is 262 Å². The molecule has 0 radical (unpaired) electrons. The van der Waals surface area contributed by atoms with Crippen molar-refractivity contribution in [3.8, 4) is 0 Å². The maximum Gasteiger partial charge on any atom is 0.306 e. The highest BCUT2D eigenvalue weighted by atomic mass is 16.6. The first kappa shape index (κ1) is 74.0. The smallest absolute Gasteiger partial charge is 0.306 e. The quantitative estimate of drug-likeness (QED) is 0.0261. The number of carbonyl (C=O) groups is 3. The molecule has 0 N–H and O–H groups in total. The molecule has 79 heavy (non-hydrogen) atoms. The van der Waals surface area contributed by atoms with Crippen LogP contribution in [-0.4, -0.2) is 37.2 Å². The predicted molar refractivity (Wildman–Crippen MR) is 343 cm³/mol. The normalized spacial score (nSPS) is 13.2. The highest BCUT2D eigenvalue weighted by molar-refractivity contribution is 5.71. The summed E-state index contributed by atoms with van der Waals surface area (Å²) >= 11 is 0. The molecule has 0 aromatic heterocycles. The first-order valence-electron chi connectivity index (χ1n) is 32.0. The van der Waals surface area contributed by atoms with Crippen LogP contribution in [0.15, 0.2) is 158 Å². The second kappa shape index (κ2) is 65.5. The van der Waals surface area contributed by atoms with E-state index in [-0.39, 0.29) is 31.1 Å². The molecule has 0 saturated carbocycles. The van der Waals surface area contributed by atoms with Gasteiger partial charge in [0.1, 0.15) is 13.2 Å². The fourth-order valence-electron chi connectivity index (χ4n) is 8.33. The zero-order chi connectivity index (χ0) is 57.1. The third kappa shape index (κ3) is 63.7. The third-order valence-electron chi connectivity index (χ3n) is 13.0. The summed E-state index contributed by atoms with van der Waals surface area (Å²) in [5.41, 5.74) is 0. The zero-order valence-corrected chi connectivity index (χ0v) is 50.8. The molecule has 6 nitrogen and oxygen atoms in total. The lowest BCUT2D eigenvalue weighted by Crippen LogP contribution is -2.30. The molecule has 0 amide bonds. The molecule has 0 aliphatic rings. The molecular formula is C73H116O6. The molecule has 6 heteroatoms. The minimum Gasteiger partial charge on any atom is -0.462 e. The molecule has 0 rings (SSSR count). The molecule has 1 atom stereocenters. The standard InChI is InChI=1S/C73H116O6/c1-4-7-10-13-16-19-22-25-28-31-33-35-36-38-39-42-45-48-51-54-57-60-63-66-72(75)78-69-70(68-77-71(74)65-62-59-56-53-50-47-44-41-30-27-24-21-18-15-12-9-6-3)79-73(76)67-64-61-58-55-52-49-46-43-40-37-34-32-29-26-23-20-17-14-11-8-5-2/h7-12,16-21,25-30,33-35,37-39,45,48,70H,4-6,13-15,22-24,31-32,36,40-44,46-47,49-69H2,1-3H3/b10-7-,11-8-,12-9-,19-16-,20-17-,21-18-,28-25-,29-26-,30-27-,35-33-,37-34-,39-38-,48-45-. The van der Waals surface area contributed by atoms with Crippen LogP contribution in [0.25, 0.3) is 0 Å². The van der Waals surface area contributed by atoms with Crippen LogP contribution >= 0.6 is 0 Å². The predicted octanol–water partition coefficient (Wildman–Crippen LogP) is 22.1. The van der Waals surface area contributed by atoms with Crippen molar-refractivity contribution in [2.45, 2.75) is 271 Å². The molecular weight excluding hydrogens is 973 g/mol. The maximum atomic E-state index is 12.9. The number of ether oxygens (including phenoxy) is 3. The van der Waals surface area contributed by atoms with Crippen LogP contribution in [0.2, 0.25) is 0 Å². The van der Waals surface area contributed by atoms with E-state index in [1.54, 1.807) is 0 Å². The Morgan fingerprint density at radius 2 is 0.456 bits per heavy atom. The summed E-state index contributed by atoms with van der Waals surface area (Å²) in [6.45, 7) is 6.27. The number of rotatable bonds is 56. The van der Waals surface area contributed by atoms with Gasteiger partial charge < -0.3 is 14.2 Å². The van der Waals surface area contributed by atoms with Gasteiger partial charge in [0.25, 0.3) is 0 Å². The average Bonchev–Trinajstić information content (AvgIpc) is 3.45. The van der Waals surface area contributed by atoms with Crippen LogP contribution in [0.3, 0.4) is 0 Å². The minimum atomic E-state index is -0.808. The summed E-state index contributed by atoms with van der Waals surface area (Å²) in [6, 6.07) is 0. The first-order chi connectivity index (χ1) is 39.0. The van der Waals surface area contributed by atoms with Crippen molar-refractivity contribution in [1.82, 2.24) is 0 Å². The molecule has 0 spiro atoms. The molecule has 0 bridgehead atoms. The molecule has 0 fully saturated rings. The Kier molecular flexibility index (Phi) is 61.4. The van der Waals surface area contributed by atoms with E-state index in [9.17, 15) is 14.4 Å². The monoisotopic (exact) mass is 1090 g/mol. The van der Waals surface area contributed by atoms with Gasteiger partial charge in [0.05, 0.1) is 0 Å². The molecule has 0 aliphatic carbocycles. The van der Waals surface area contributed by atoms with E-state index in [0.717, 1.165) is 167 Å². The molecule has 0 aromatic carbocycles. The number of esters is 3. The zero-order valence-electron chi connectivity index (χ0n) is 50.8. The van der Waals surface area contributed by atoms with Crippen LogP contribution in [0.1, 0.15) is 265 Å². The summed E-state index contributed by atoms with van der Waals surface area (Å²) in [5.74, 6) is -0.946. The fourth-order valence-corrected chi connectivity index (χ4v) is 8.33. The lowest BCUT2D eigenvalue weighted by Gasteiger charge is -2.18. The Labute approximate surface area is 486 Å². The number of unbranched alkanes of at least 4 members (excludes halogenated alkanes) is 19. The van der Waals surface area contributed by atoms with Crippen LogP contribution in [0.4, 0.5) is 0 Å². The van der Waals surface area contributed by atoms with Gasteiger partial charge >= 0.3 is 17.9 Å². The third-order valence-corrected chi connectivity index (χ3v) is 13.0. The Morgan fingerprint density at radius 1 is 0.253 bits per heavy atom. The van der Waals surface area contributed by atoms with Crippen molar-refractivity contribution >= 4 is 17.9 Å². The van der Waals surface area contributed by atoms with Crippen molar-refractivity contribution in [2.75, 3.05) is 13.2 Å². The van der Waals surface area contributed by atoms with Crippen molar-refractivity contribution in [3.63, 3.8) is 0 Å². The Hall–Kier alpha value is -4.97. The lowest BCUT2D eigenvalue weighted by molar-refractivity contribution is -0.167. The van der Waals surface area contributed by atoms with Crippen molar-refractivity contribution in [2.24, 2.45) is 0 Å².